The van der Waals surface area contributed by atoms with Gasteiger partial charge >= 0.3 is 5.97 Å². The second-order valence-corrected chi connectivity index (χ2v) is 11.1. The number of esters is 1. The van der Waals surface area contributed by atoms with E-state index in [0.29, 0.717) is 24.8 Å². The quantitative estimate of drug-likeness (QED) is 0.157. The van der Waals surface area contributed by atoms with Crippen molar-refractivity contribution in [2.45, 2.75) is 110 Å². The number of hydrogen-bond acceptors (Lipinski definition) is 5. The van der Waals surface area contributed by atoms with E-state index in [1.165, 1.54) is 37.7 Å². The number of hydrogen-bond donors (Lipinski definition) is 0. The van der Waals surface area contributed by atoms with Crippen LogP contribution in [0.4, 0.5) is 4.39 Å². The lowest BCUT2D eigenvalue weighted by molar-refractivity contribution is -0.157. The van der Waals surface area contributed by atoms with E-state index in [-0.39, 0.29) is 12.5 Å². The molecule has 1 aliphatic rings. The molecule has 1 saturated carbocycles. The molecule has 0 spiro atoms. The molecule has 0 saturated heterocycles. The van der Waals surface area contributed by atoms with Crippen molar-refractivity contribution in [2.75, 3.05) is 6.61 Å². The third kappa shape index (κ3) is 9.99. The van der Waals surface area contributed by atoms with Crippen LogP contribution in [-0.4, -0.2) is 34.8 Å². The molecule has 0 bridgehead atoms. The zero-order chi connectivity index (χ0) is 26.5. The van der Waals surface area contributed by atoms with E-state index < -0.39 is 12.1 Å². The van der Waals surface area contributed by atoms with Gasteiger partial charge in [-0.05, 0) is 90.6 Å². The van der Waals surface area contributed by atoms with Crippen LogP contribution in [0.3, 0.4) is 0 Å². The average molecular weight is 578 g/mol. The number of nitrogens with zero attached hydrogens (tertiary/aromatic N) is 2. The maximum atomic E-state index is 13.9. The summed E-state index contributed by atoms with van der Waals surface area (Å²) in [6.07, 6.45) is 14.7. The molecule has 204 valence electrons. The highest BCUT2D eigenvalue weighted by atomic mass is 79.9. The van der Waals surface area contributed by atoms with E-state index in [4.69, 9.17) is 9.47 Å². The van der Waals surface area contributed by atoms with E-state index in [1.807, 2.05) is 37.5 Å². The maximum Gasteiger partial charge on any atom is 0.340 e. The van der Waals surface area contributed by atoms with Crippen LogP contribution in [0.2, 0.25) is 0 Å². The normalized spacial score (nSPS) is 18.4. The van der Waals surface area contributed by atoms with Crippen LogP contribution in [0.25, 0.3) is 11.4 Å². The van der Waals surface area contributed by atoms with Gasteiger partial charge in [0.25, 0.3) is 0 Å². The Hall–Kier alpha value is -2.02. The zero-order valence-corrected chi connectivity index (χ0v) is 24.0. The number of unbranched alkanes of at least 4 members (excludes halogenated alkanes) is 5. The third-order valence-electron chi connectivity index (χ3n) is 7.08. The second-order valence-electron chi connectivity index (χ2n) is 10.2. The largest absolute Gasteiger partial charge is 0.492 e. The SMILES string of the molecule is CCCCCCCc1cnc(-c2ccc(OC[C@H]3CC[C@H](OC(=O)[C@@H](F)CCCC)CC3)c(Br)c2)nc1. The summed E-state index contributed by atoms with van der Waals surface area (Å²) in [5.41, 5.74) is 2.13. The van der Waals surface area contributed by atoms with Crippen LogP contribution < -0.4 is 4.74 Å². The number of alkyl halides is 1. The Morgan fingerprint density at radius 3 is 2.41 bits per heavy atom. The van der Waals surface area contributed by atoms with E-state index in [1.54, 1.807) is 0 Å². The molecule has 0 aliphatic heterocycles. The molecule has 0 amide bonds. The van der Waals surface area contributed by atoms with E-state index >= 15 is 0 Å². The smallest absolute Gasteiger partial charge is 0.340 e. The van der Waals surface area contributed by atoms with Crippen molar-refractivity contribution in [2.24, 2.45) is 5.92 Å². The monoisotopic (exact) mass is 576 g/mol. The molecule has 2 aromatic rings. The Labute approximate surface area is 230 Å². The number of ether oxygens (including phenoxy) is 2. The topological polar surface area (TPSA) is 61.3 Å². The summed E-state index contributed by atoms with van der Waals surface area (Å²) in [7, 11) is 0. The fraction of sp³-hybridized carbons (Fsp3) is 0.633. The summed E-state index contributed by atoms with van der Waals surface area (Å²) in [6, 6.07) is 5.94. The molecule has 1 aliphatic carbocycles. The first-order valence-corrected chi connectivity index (χ1v) is 14.9. The minimum atomic E-state index is -1.50. The summed E-state index contributed by atoms with van der Waals surface area (Å²) in [5, 5.41) is 0. The minimum Gasteiger partial charge on any atom is -0.492 e. The Balaban J connectivity index is 1.41. The maximum absolute atomic E-state index is 13.9. The van der Waals surface area contributed by atoms with E-state index in [2.05, 4.69) is 32.8 Å². The van der Waals surface area contributed by atoms with E-state index in [9.17, 15) is 9.18 Å². The molecule has 1 aromatic heterocycles. The van der Waals surface area contributed by atoms with Gasteiger partial charge in [0.15, 0.2) is 12.0 Å². The fourth-order valence-corrected chi connectivity index (χ4v) is 5.18. The molecule has 0 unspecified atom stereocenters. The zero-order valence-electron chi connectivity index (χ0n) is 22.4. The second kappa shape index (κ2) is 16.1. The van der Waals surface area contributed by atoms with Crippen LogP contribution in [0, 0.1) is 5.92 Å². The number of benzene rings is 1. The summed E-state index contributed by atoms with van der Waals surface area (Å²) in [4.78, 5) is 21.1. The summed E-state index contributed by atoms with van der Waals surface area (Å²) < 4.78 is 26.3. The van der Waals surface area contributed by atoms with Crippen LogP contribution in [-0.2, 0) is 16.0 Å². The lowest BCUT2D eigenvalue weighted by atomic mass is 9.88. The number of rotatable bonds is 15. The van der Waals surface area contributed by atoms with Gasteiger partial charge in [-0.25, -0.2) is 19.2 Å². The van der Waals surface area contributed by atoms with Crippen molar-refractivity contribution >= 4 is 21.9 Å². The molecule has 1 heterocycles. The third-order valence-corrected chi connectivity index (χ3v) is 7.70. The summed E-state index contributed by atoms with van der Waals surface area (Å²) in [5.74, 6) is 1.19. The number of carbonyl (C=O) groups excluding carboxylic acids is 1. The molecule has 3 rings (SSSR count). The molecule has 0 radical (unpaired) electrons. The molecule has 0 N–H and O–H groups in total. The molecule has 1 aromatic carbocycles. The van der Waals surface area contributed by atoms with Gasteiger partial charge in [-0.15, -0.1) is 0 Å². The van der Waals surface area contributed by atoms with E-state index in [0.717, 1.165) is 54.3 Å². The number of carbonyl (C=O) groups is 1. The van der Waals surface area contributed by atoms with Gasteiger partial charge in [-0.2, -0.15) is 0 Å². The number of aromatic nitrogens is 2. The first kappa shape index (κ1) is 29.5. The Morgan fingerprint density at radius 1 is 1.03 bits per heavy atom. The van der Waals surface area contributed by atoms with Gasteiger partial charge < -0.3 is 9.47 Å². The Morgan fingerprint density at radius 2 is 1.73 bits per heavy atom. The molecule has 1 fully saturated rings. The first-order valence-electron chi connectivity index (χ1n) is 14.1. The van der Waals surface area contributed by atoms with Crippen molar-refractivity contribution in [3.63, 3.8) is 0 Å². The van der Waals surface area contributed by atoms with Crippen LogP contribution in [0.5, 0.6) is 5.75 Å². The highest BCUT2D eigenvalue weighted by molar-refractivity contribution is 9.10. The van der Waals surface area contributed by atoms with Crippen molar-refractivity contribution in [3.05, 3.63) is 40.6 Å². The predicted octanol–water partition coefficient (Wildman–Crippen LogP) is 8.43. The molecule has 37 heavy (non-hydrogen) atoms. The van der Waals surface area contributed by atoms with Crippen molar-refractivity contribution in [1.82, 2.24) is 9.97 Å². The first-order chi connectivity index (χ1) is 18.0. The standard InChI is InChI=1S/C30H42BrFN2O3/c1-3-5-7-8-9-10-23-19-33-29(34-20-23)24-14-17-28(26(31)18-24)36-21-22-12-15-25(16-13-22)37-30(35)27(32)11-6-4-2/h14,17-20,22,25,27H,3-13,15-16,21H2,1-2H3/t22-,25-,27-/m0/s1. The molecule has 7 heteroatoms. The predicted molar refractivity (Wildman–Crippen MR) is 149 cm³/mol. The molecule has 1 atom stereocenters. The Kier molecular flexibility index (Phi) is 12.8. The molecular weight excluding hydrogens is 535 g/mol. The van der Waals surface area contributed by atoms with Crippen molar-refractivity contribution < 1.29 is 18.7 Å². The van der Waals surface area contributed by atoms with Gasteiger partial charge in [0.05, 0.1) is 11.1 Å². The highest BCUT2D eigenvalue weighted by Crippen LogP contribution is 2.32. The van der Waals surface area contributed by atoms with Crippen LogP contribution in [0.15, 0.2) is 35.1 Å². The van der Waals surface area contributed by atoms with Crippen molar-refractivity contribution in [1.29, 1.82) is 0 Å². The Bertz CT molecular complexity index is 948. The van der Waals surface area contributed by atoms with Gasteiger partial charge in [0.2, 0.25) is 0 Å². The fourth-order valence-electron chi connectivity index (χ4n) is 4.69. The van der Waals surface area contributed by atoms with Crippen molar-refractivity contribution in [3.8, 4) is 17.1 Å². The van der Waals surface area contributed by atoms with Crippen LogP contribution >= 0.6 is 15.9 Å². The van der Waals surface area contributed by atoms with Crippen LogP contribution in [0.1, 0.15) is 96.5 Å². The molecular formula is C30H42BrFN2O3. The van der Waals surface area contributed by atoms with Gasteiger partial charge in [-0.3, -0.25) is 0 Å². The molecule has 5 nitrogen and oxygen atoms in total. The number of halogens is 2. The lowest BCUT2D eigenvalue weighted by Crippen LogP contribution is -2.30. The lowest BCUT2D eigenvalue weighted by Gasteiger charge is -2.28. The summed E-state index contributed by atoms with van der Waals surface area (Å²) >= 11 is 3.63. The number of aryl methyl sites for hydroxylation is 1. The average Bonchev–Trinajstić information content (AvgIpc) is 2.92. The summed E-state index contributed by atoms with van der Waals surface area (Å²) in [6.45, 7) is 4.82. The minimum absolute atomic E-state index is 0.179. The highest BCUT2D eigenvalue weighted by Gasteiger charge is 2.27. The van der Waals surface area contributed by atoms with Gasteiger partial charge in [0, 0.05) is 18.0 Å². The van der Waals surface area contributed by atoms with Gasteiger partial charge in [0.1, 0.15) is 11.9 Å². The van der Waals surface area contributed by atoms with Gasteiger partial charge in [-0.1, -0.05) is 52.4 Å².